The Morgan fingerprint density at radius 3 is 2.45 bits per heavy atom. The maximum atomic E-state index is 11.6. The molecule has 0 aliphatic carbocycles. The Hall–Kier alpha value is -1.83. The van der Waals surface area contributed by atoms with Crippen LogP contribution in [0.5, 0.6) is 11.5 Å². The van der Waals surface area contributed by atoms with Crippen molar-refractivity contribution >= 4 is 44.3 Å². The fraction of sp³-hybridized carbons (Fsp3) is 0.0769. The lowest BCUT2D eigenvalue weighted by atomic mass is 10.3. The zero-order chi connectivity index (χ0) is 15.9. The molecule has 3 aromatic rings. The Labute approximate surface area is 136 Å². The highest BCUT2D eigenvalue weighted by Crippen LogP contribution is 2.33. The SMILES string of the molecule is CS(=O)(=O)n1nnc2cc(Oc3ccc(Cl)cc3)c(Cl)cc21. The number of hydrogen-bond acceptors (Lipinski definition) is 5. The predicted molar refractivity (Wildman–Crippen MR) is 84.3 cm³/mol. The molecule has 6 nitrogen and oxygen atoms in total. The molecule has 22 heavy (non-hydrogen) atoms. The maximum Gasteiger partial charge on any atom is 0.252 e. The third kappa shape index (κ3) is 2.87. The molecule has 114 valence electrons. The fourth-order valence-corrected chi connectivity index (χ4v) is 2.85. The summed E-state index contributed by atoms with van der Waals surface area (Å²) in [5, 5.41) is 8.26. The Kier molecular flexibility index (Phi) is 3.72. The van der Waals surface area contributed by atoms with Gasteiger partial charge in [0.25, 0.3) is 10.0 Å². The van der Waals surface area contributed by atoms with Crippen LogP contribution in [0.4, 0.5) is 0 Å². The van der Waals surface area contributed by atoms with E-state index in [9.17, 15) is 8.42 Å². The largest absolute Gasteiger partial charge is 0.456 e. The van der Waals surface area contributed by atoms with Gasteiger partial charge in [-0.3, -0.25) is 0 Å². The molecule has 0 unspecified atom stereocenters. The van der Waals surface area contributed by atoms with Gasteiger partial charge in [0.15, 0.2) is 0 Å². The van der Waals surface area contributed by atoms with Crippen LogP contribution >= 0.6 is 23.2 Å². The number of nitrogens with zero attached hydrogens (tertiary/aromatic N) is 3. The summed E-state index contributed by atoms with van der Waals surface area (Å²) < 4.78 is 29.7. The average Bonchev–Trinajstić information content (AvgIpc) is 2.84. The molecule has 0 saturated heterocycles. The van der Waals surface area contributed by atoms with Crippen molar-refractivity contribution in [1.82, 2.24) is 14.4 Å². The number of benzene rings is 2. The second-order valence-corrected chi connectivity index (χ2v) is 7.18. The highest BCUT2D eigenvalue weighted by molar-refractivity contribution is 7.89. The molecule has 2 aromatic carbocycles. The first-order valence-corrected chi connectivity index (χ1v) is 8.64. The Bertz CT molecular complexity index is 953. The highest BCUT2D eigenvalue weighted by Gasteiger charge is 2.16. The van der Waals surface area contributed by atoms with Gasteiger partial charge in [0, 0.05) is 11.1 Å². The van der Waals surface area contributed by atoms with Crippen LogP contribution in [0.15, 0.2) is 36.4 Å². The first kappa shape index (κ1) is 15.1. The van der Waals surface area contributed by atoms with Crippen LogP contribution in [0.1, 0.15) is 0 Å². The van der Waals surface area contributed by atoms with Crippen LogP contribution in [-0.4, -0.2) is 29.1 Å². The normalized spacial score (nSPS) is 11.8. The molecular formula is C13H9Cl2N3O3S. The number of ether oxygens (including phenoxy) is 1. The standard InChI is InChI=1S/C13H9Cl2N3O3S/c1-22(19,20)18-12-6-10(15)13(7-11(12)16-17-18)21-9-4-2-8(14)3-5-9/h2-7H,1H3. The van der Waals surface area contributed by atoms with Crippen molar-refractivity contribution in [3.05, 3.63) is 46.4 Å². The molecule has 3 rings (SSSR count). The third-order valence-corrected chi connectivity index (χ3v) is 4.27. The average molecular weight is 358 g/mol. The minimum Gasteiger partial charge on any atom is -0.456 e. The molecule has 0 spiro atoms. The van der Waals surface area contributed by atoms with E-state index in [-0.39, 0.29) is 10.5 Å². The van der Waals surface area contributed by atoms with E-state index in [0.29, 0.717) is 22.0 Å². The molecule has 0 aliphatic heterocycles. The van der Waals surface area contributed by atoms with Gasteiger partial charge in [-0.25, -0.2) is 8.42 Å². The Morgan fingerprint density at radius 2 is 1.82 bits per heavy atom. The molecule has 1 aromatic heterocycles. The lowest BCUT2D eigenvalue weighted by molar-refractivity contribution is 0.483. The monoisotopic (exact) mass is 357 g/mol. The van der Waals surface area contributed by atoms with Crippen molar-refractivity contribution in [3.63, 3.8) is 0 Å². The van der Waals surface area contributed by atoms with Crippen molar-refractivity contribution in [3.8, 4) is 11.5 Å². The van der Waals surface area contributed by atoms with E-state index < -0.39 is 10.0 Å². The number of halogens is 2. The van der Waals surface area contributed by atoms with Crippen molar-refractivity contribution < 1.29 is 13.2 Å². The van der Waals surface area contributed by atoms with E-state index in [1.807, 2.05) is 0 Å². The van der Waals surface area contributed by atoms with Gasteiger partial charge in [0.05, 0.1) is 11.3 Å². The Morgan fingerprint density at radius 1 is 1.14 bits per heavy atom. The van der Waals surface area contributed by atoms with Crippen LogP contribution in [0.2, 0.25) is 10.0 Å². The number of hydrogen-bond donors (Lipinski definition) is 0. The highest BCUT2D eigenvalue weighted by atomic mass is 35.5. The van der Waals surface area contributed by atoms with Gasteiger partial charge in [-0.1, -0.05) is 28.4 Å². The van der Waals surface area contributed by atoms with Crippen LogP contribution in [-0.2, 0) is 10.0 Å². The van der Waals surface area contributed by atoms with Crippen molar-refractivity contribution in [2.45, 2.75) is 0 Å². The van der Waals surface area contributed by atoms with Gasteiger partial charge in [-0.2, -0.15) is 0 Å². The first-order valence-electron chi connectivity index (χ1n) is 6.03. The van der Waals surface area contributed by atoms with Gasteiger partial charge in [-0.15, -0.1) is 9.19 Å². The van der Waals surface area contributed by atoms with Crippen molar-refractivity contribution in [1.29, 1.82) is 0 Å². The second-order valence-electron chi connectivity index (χ2n) is 4.52. The molecule has 0 atom stereocenters. The molecule has 0 saturated carbocycles. The quantitative estimate of drug-likeness (QED) is 0.718. The van der Waals surface area contributed by atoms with Crippen LogP contribution < -0.4 is 4.74 Å². The molecule has 0 aliphatic rings. The first-order chi connectivity index (χ1) is 10.3. The second kappa shape index (κ2) is 5.42. The number of aromatic nitrogens is 3. The summed E-state index contributed by atoms with van der Waals surface area (Å²) in [5.41, 5.74) is 0.648. The maximum absolute atomic E-state index is 11.6. The summed E-state index contributed by atoms with van der Waals surface area (Å²) in [6, 6.07) is 9.73. The summed E-state index contributed by atoms with van der Waals surface area (Å²) in [7, 11) is -3.55. The number of rotatable bonds is 3. The molecule has 9 heteroatoms. The fourth-order valence-electron chi connectivity index (χ4n) is 1.86. The topological polar surface area (TPSA) is 74.1 Å². The lowest BCUT2D eigenvalue weighted by Crippen LogP contribution is -2.11. The van der Waals surface area contributed by atoms with Gasteiger partial charge in [-0.05, 0) is 30.3 Å². The summed E-state index contributed by atoms with van der Waals surface area (Å²) in [6.45, 7) is 0. The van der Waals surface area contributed by atoms with E-state index >= 15 is 0 Å². The van der Waals surface area contributed by atoms with Crippen molar-refractivity contribution in [2.24, 2.45) is 0 Å². The predicted octanol–water partition coefficient (Wildman–Crippen LogP) is 3.34. The third-order valence-electron chi connectivity index (χ3n) is 2.82. The molecule has 0 amide bonds. The van der Waals surface area contributed by atoms with Gasteiger partial charge < -0.3 is 4.74 Å². The van der Waals surface area contributed by atoms with Gasteiger partial charge in [0.1, 0.15) is 22.5 Å². The molecule has 1 heterocycles. The Balaban J connectivity index is 2.05. The van der Waals surface area contributed by atoms with E-state index in [1.54, 1.807) is 24.3 Å². The van der Waals surface area contributed by atoms with E-state index in [0.717, 1.165) is 10.3 Å². The van der Waals surface area contributed by atoms with E-state index in [2.05, 4.69) is 10.3 Å². The summed E-state index contributed by atoms with van der Waals surface area (Å²) in [5.74, 6) is 0.887. The summed E-state index contributed by atoms with van der Waals surface area (Å²) >= 11 is 12.0. The van der Waals surface area contributed by atoms with E-state index in [4.69, 9.17) is 27.9 Å². The van der Waals surface area contributed by atoms with Gasteiger partial charge >= 0.3 is 0 Å². The van der Waals surface area contributed by atoms with Crippen LogP contribution in [0.25, 0.3) is 11.0 Å². The molecular weight excluding hydrogens is 349 g/mol. The zero-order valence-corrected chi connectivity index (χ0v) is 13.5. The van der Waals surface area contributed by atoms with Crippen molar-refractivity contribution in [2.75, 3.05) is 6.26 Å². The number of fused-ring (bicyclic) bond motifs is 1. The zero-order valence-electron chi connectivity index (χ0n) is 11.2. The minimum atomic E-state index is -3.55. The minimum absolute atomic E-state index is 0.245. The summed E-state index contributed by atoms with van der Waals surface area (Å²) in [6.07, 6.45) is 1.03. The van der Waals surface area contributed by atoms with Crippen LogP contribution in [0.3, 0.4) is 0 Å². The molecule has 0 fully saturated rings. The molecule has 0 N–H and O–H groups in total. The molecule has 0 bridgehead atoms. The van der Waals surface area contributed by atoms with Gasteiger partial charge in [0.2, 0.25) is 0 Å². The van der Waals surface area contributed by atoms with Crippen LogP contribution in [0, 0.1) is 0 Å². The molecule has 0 radical (unpaired) electrons. The lowest BCUT2D eigenvalue weighted by Gasteiger charge is -2.08. The van der Waals surface area contributed by atoms with E-state index in [1.165, 1.54) is 12.1 Å². The smallest absolute Gasteiger partial charge is 0.252 e. The summed E-state index contributed by atoms with van der Waals surface area (Å²) in [4.78, 5) is 0.